The van der Waals surface area contributed by atoms with Crippen LogP contribution in [0, 0.1) is 0 Å². The number of phosphoric acid groups is 1. The fourth-order valence-electron chi connectivity index (χ4n) is 5.16. The van der Waals surface area contributed by atoms with Gasteiger partial charge in [0.05, 0.1) is 32.0 Å². The maximum Gasteiger partial charge on any atom is 0.472 e. The second-order valence-corrected chi connectivity index (χ2v) is 15.7. The molecule has 0 rings (SSSR count). The zero-order valence-electron chi connectivity index (χ0n) is 36.8. The number of hydrogen-bond donors (Lipinski definition) is 5. The highest BCUT2D eigenvalue weighted by Gasteiger charge is 2.27. The van der Waals surface area contributed by atoms with Gasteiger partial charge in [-0.25, -0.2) is 4.57 Å². The minimum Gasteiger partial charge on any atom is -0.462 e. The van der Waals surface area contributed by atoms with Gasteiger partial charge in [0.1, 0.15) is 12.7 Å². The van der Waals surface area contributed by atoms with E-state index in [4.69, 9.17) is 19.1 Å². The quantitative estimate of drug-likeness (QED) is 0.0170. The summed E-state index contributed by atoms with van der Waals surface area (Å²) in [4.78, 5) is 35.1. The second kappa shape index (κ2) is 41.9. The minimum atomic E-state index is -4.72. The lowest BCUT2D eigenvalue weighted by Gasteiger charge is -2.20. The van der Waals surface area contributed by atoms with Gasteiger partial charge in [-0.1, -0.05) is 130 Å². The molecule has 0 amide bonds. The van der Waals surface area contributed by atoms with Crippen LogP contribution < -0.4 is 0 Å². The van der Waals surface area contributed by atoms with Crippen molar-refractivity contribution >= 4 is 19.8 Å². The molecule has 0 aliphatic heterocycles. The first-order valence-corrected chi connectivity index (χ1v) is 23.5. The predicted octanol–water partition coefficient (Wildman–Crippen LogP) is 9.72. The van der Waals surface area contributed by atoms with Crippen LogP contribution in [-0.2, 0) is 32.7 Å². The van der Waals surface area contributed by atoms with Crippen LogP contribution in [0.3, 0.4) is 0 Å². The average Bonchev–Trinajstić information content (AvgIpc) is 3.24. The lowest BCUT2D eigenvalue weighted by atomic mass is 10.0. The smallest absolute Gasteiger partial charge is 0.462 e. The van der Waals surface area contributed by atoms with E-state index in [1.54, 1.807) is 6.08 Å². The Balaban J connectivity index is 4.61. The third-order valence-electron chi connectivity index (χ3n) is 8.62. The van der Waals surface area contributed by atoms with E-state index in [1.807, 2.05) is 12.2 Å². The highest BCUT2D eigenvalue weighted by Crippen LogP contribution is 2.43. The summed E-state index contributed by atoms with van der Waals surface area (Å²) in [5, 5.41) is 39.1. The maximum absolute atomic E-state index is 12.7. The molecule has 0 aromatic rings. The molecule has 1 unspecified atom stereocenters. The van der Waals surface area contributed by atoms with E-state index < -0.39 is 70.6 Å². The van der Waals surface area contributed by atoms with Gasteiger partial charge in [0.15, 0.2) is 6.10 Å². The van der Waals surface area contributed by atoms with E-state index in [0.717, 1.165) is 70.6 Å². The summed E-state index contributed by atoms with van der Waals surface area (Å²) >= 11 is 0. The summed E-state index contributed by atoms with van der Waals surface area (Å²) in [5.41, 5.74) is 0. The first kappa shape index (κ1) is 57.5. The lowest BCUT2D eigenvalue weighted by Crippen LogP contribution is -2.30. The molecule has 346 valence electrons. The Morgan fingerprint density at radius 1 is 0.541 bits per heavy atom. The lowest BCUT2D eigenvalue weighted by molar-refractivity contribution is -0.161. The van der Waals surface area contributed by atoms with Crippen molar-refractivity contribution in [2.24, 2.45) is 0 Å². The number of rotatable bonds is 39. The van der Waals surface area contributed by atoms with Gasteiger partial charge in [-0.05, 0) is 96.3 Å². The van der Waals surface area contributed by atoms with Crippen LogP contribution in [0.25, 0.3) is 0 Å². The number of carbonyl (C=O) groups is 2. The fraction of sp³-hybridized carbons (Fsp3) is 0.583. The number of unbranched alkanes of at least 4 members (excludes halogenated alkanes) is 3. The third kappa shape index (κ3) is 40.4. The fourth-order valence-corrected chi connectivity index (χ4v) is 5.95. The van der Waals surface area contributed by atoms with E-state index >= 15 is 0 Å². The first-order chi connectivity index (χ1) is 29.5. The van der Waals surface area contributed by atoms with E-state index in [-0.39, 0.29) is 32.1 Å². The molecule has 0 aliphatic carbocycles. The van der Waals surface area contributed by atoms with Crippen LogP contribution in [0.5, 0.6) is 0 Å². The van der Waals surface area contributed by atoms with Gasteiger partial charge in [-0.2, -0.15) is 0 Å². The van der Waals surface area contributed by atoms with Gasteiger partial charge in [0, 0.05) is 12.8 Å². The summed E-state index contributed by atoms with van der Waals surface area (Å²) in [7, 11) is -4.72. The molecular formula is C48H77O12P. The number of phosphoric ester groups is 1. The van der Waals surface area contributed by atoms with Crippen LogP contribution in [0.2, 0.25) is 0 Å². The topological polar surface area (TPSA) is 189 Å². The van der Waals surface area contributed by atoms with E-state index in [9.17, 15) is 34.4 Å². The number of aliphatic hydroxyl groups excluding tert-OH is 4. The van der Waals surface area contributed by atoms with Crippen molar-refractivity contribution < 1.29 is 58.0 Å². The van der Waals surface area contributed by atoms with Crippen LogP contribution >= 0.6 is 7.82 Å². The minimum absolute atomic E-state index is 0.119. The molecule has 0 heterocycles. The largest absolute Gasteiger partial charge is 0.472 e. The van der Waals surface area contributed by atoms with E-state index in [0.29, 0.717) is 12.8 Å². The Morgan fingerprint density at radius 2 is 1.00 bits per heavy atom. The molecule has 0 aromatic carbocycles. The Labute approximate surface area is 366 Å². The van der Waals surface area contributed by atoms with Crippen molar-refractivity contribution in [3.05, 3.63) is 109 Å². The molecule has 5 N–H and O–H groups in total. The molecule has 5 atom stereocenters. The molecule has 0 saturated heterocycles. The first-order valence-electron chi connectivity index (χ1n) is 22.0. The zero-order chi connectivity index (χ0) is 45.1. The van der Waals surface area contributed by atoms with Crippen molar-refractivity contribution in [1.82, 2.24) is 0 Å². The van der Waals surface area contributed by atoms with Crippen molar-refractivity contribution in [2.45, 2.75) is 154 Å². The summed E-state index contributed by atoms with van der Waals surface area (Å²) in [6.45, 7) is 1.75. The van der Waals surface area contributed by atoms with Crippen LogP contribution in [0.4, 0.5) is 0 Å². The number of aliphatic hydroxyl groups is 4. The Kier molecular flexibility index (Phi) is 39.5. The van der Waals surface area contributed by atoms with E-state index in [2.05, 4.69) is 110 Å². The Hall–Kier alpha value is -3.45. The Morgan fingerprint density at radius 3 is 1.51 bits per heavy atom. The molecule has 12 nitrogen and oxygen atoms in total. The molecular weight excluding hydrogens is 799 g/mol. The average molecular weight is 877 g/mol. The van der Waals surface area contributed by atoms with Crippen molar-refractivity contribution in [2.75, 3.05) is 26.4 Å². The number of allylic oxidation sites excluding steroid dienone is 17. The van der Waals surface area contributed by atoms with Gasteiger partial charge in [-0.15, -0.1) is 0 Å². The van der Waals surface area contributed by atoms with Crippen molar-refractivity contribution in [3.8, 4) is 0 Å². The normalized spacial score (nSPS) is 15.9. The SMILES string of the molecule is CC/C=C\C/C=C\C/C=C\C/C=C\C/C=C\CCCCCC(=O)OC[C@H](COP(=O)(O)OC[C@@H](O)CO)OC(=O)CCC[C@@H](O)[C@H](O)C/C=C\C/C=C\C/C=C\C/C=C\CC. The molecule has 0 aliphatic rings. The molecule has 0 fully saturated rings. The second-order valence-electron chi connectivity index (χ2n) is 14.3. The maximum atomic E-state index is 12.7. The van der Waals surface area contributed by atoms with Crippen LogP contribution in [-0.4, -0.2) is 88.1 Å². The summed E-state index contributed by atoms with van der Waals surface area (Å²) in [5.74, 6) is -1.26. The predicted molar refractivity (Wildman–Crippen MR) is 244 cm³/mol. The molecule has 0 saturated carbocycles. The number of carbonyl (C=O) groups excluding carboxylic acids is 2. The van der Waals surface area contributed by atoms with Crippen LogP contribution in [0.1, 0.15) is 129 Å². The number of ether oxygens (including phenoxy) is 2. The third-order valence-corrected chi connectivity index (χ3v) is 9.57. The van der Waals surface area contributed by atoms with Gasteiger partial charge in [0.25, 0.3) is 0 Å². The molecule has 61 heavy (non-hydrogen) atoms. The van der Waals surface area contributed by atoms with E-state index in [1.165, 1.54) is 0 Å². The highest BCUT2D eigenvalue weighted by atomic mass is 31.2. The molecule has 13 heteroatoms. The van der Waals surface area contributed by atoms with Crippen molar-refractivity contribution in [3.63, 3.8) is 0 Å². The summed E-state index contributed by atoms with van der Waals surface area (Å²) < 4.78 is 32.5. The monoisotopic (exact) mass is 877 g/mol. The van der Waals surface area contributed by atoms with Gasteiger partial charge in [0.2, 0.25) is 0 Å². The number of esters is 2. The van der Waals surface area contributed by atoms with Gasteiger partial charge < -0.3 is 34.8 Å². The molecule has 0 aromatic heterocycles. The van der Waals surface area contributed by atoms with Gasteiger partial charge >= 0.3 is 19.8 Å². The summed E-state index contributed by atoms with van der Waals surface area (Å²) in [6.07, 6.45) is 45.1. The molecule has 0 radical (unpaired) electrons. The van der Waals surface area contributed by atoms with Crippen molar-refractivity contribution in [1.29, 1.82) is 0 Å². The number of hydrogen-bond acceptors (Lipinski definition) is 11. The van der Waals surface area contributed by atoms with Crippen LogP contribution in [0.15, 0.2) is 109 Å². The standard InChI is InChI=1S/C48H77O12P/c1-3-5-7-9-11-13-15-17-18-19-20-21-22-23-25-27-29-31-33-37-47(53)57-41-44(42-59-61(55,56)58-40-43(50)39-49)60-48(54)38-34-36-46(52)45(51)35-32-30-28-26-24-16-14-12-10-8-6-4-2/h5-8,11-14,17-18,20-21,23-26,30,32,43-46,49-52H,3-4,9-10,15-16,19,22,27-29,31,33-42H2,1-2H3,(H,55,56)/b7-5-,8-6-,13-11-,14-12-,18-17-,21-20-,25-23-,26-24-,32-30-/t43-,44+,45+,46+/m0/s1. The summed E-state index contributed by atoms with van der Waals surface area (Å²) in [6, 6.07) is 0. The Bertz CT molecular complexity index is 1410. The molecule has 0 spiro atoms. The zero-order valence-corrected chi connectivity index (χ0v) is 37.7. The highest BCUT2D eigenvalue weighted by molar-refractivity contribution is 7.47. The van der Waals surface area contributed by atoms with Gasteiger partial charge in [-0.3, -0.25) is 18.6 Å². The molecule has 0 bridgehead atoms.